The first kappa shape index (κ1) is 18.8. The molecule has 0 N–H and O–H groups in total. The number of hydrogen-bond acceptors (Lipinski definition) is 3. The Balaban J connectivity index is 0. The second-order valence-corrected chi connectivity index (χ2v) is 16.6. The topological polar surface area (TPSA) is 37.1 Å². The maximum absolute atomic E-state index is 5.64. The predicted octanol–water partition coefficient (Wildman–Crippen LogP) is 8.54. The van der Waals surface area contributed by atoms with Crippen LogP contribution in [0.4, 0.5) is 0 Å². The summed E-state index contributed by atoms with van der Waals surface area (Å²) in [6, 6.07) is 0. The fourth-order valence-corrected chi connectivity index (χ4v) is 19.3. The van der Waals surface area contributed by atoms with E-state index in [1.807, 2.05) is 0 Å². The van der Waals surface area contributed by atoms with Crippen molar-refractivity contribution in [3.63, 3.8) is 0 Å². The molecule has 0 aliphatic carbocycles. The van der Waals surface area contributed by atoms with Gasteiger partial charge in [0.2, 0.25) is 0 Å². The fourth-order valence-electron chi connectivity index (χ4n) is 0.442. The summed E-state index contributed by atoms with van der Waals surface area (Å²) < 4.78 is 11.0. The van der Waals surface area contributed by atoms with Gasteiger partial charge in [0, 0.05) is 0 Å². The largest absolute Gasteiger partial charge is 0.257 e. The maximum atomic E-state index is 5.64. The highest BCUT2D eigenvalue weighted by Gasteiger charge is 2.30. The molecule has 0 aromatic heterocycles. The van der Waals surface area contributed by atoms with Crippen LogP contribution in [0.5, 0.6) is 0 Å². The molecule has 88 valence electrons. The zero-order valence-electron chi connectivity index (χ0n) is 4.95. The van der Waals surface area contributed by atoms with E-state index in [0.717, 1.165) is 0 Å². The third-order valence-electron chi connectivity index (χ3n) is 0.646. The average Bonchev–Trinajstić information content (AvgIpc) is 1.44. The molecular formula is C2H8Cl6N3P3. The van der Waals surface area contributed by atoms with Crippen molar-refractivity contribution in [2.24, 2.45) is 13.5 Å². The van der Waals surface area contributed by atoms with Gasteiger partial charge in [-0.1, -0.05) is 14.9 Å². The van der Waals surface area contributed by atoms with Crippen molar-refractivity contribution in [3.8, 4) is 0 Å². The lowest BCUT2D eigenvalue weighted by atomic mass is 12.0. The highest BCUT2D eigenvalue weighted by molar-refractivity contribution is 8.26. The molecule has 0 spiro atoms. The maximum Gasteiger partial charge on any atom is 0.257 e. The van der Waals surface area contributed by atoms with Gasteiger partial charge in [-0.05, 0) is 67.4 Å². The lowest BCUT2D eigenvalue weighted by molar-refractivity contribution is 1.80. The summed E-state index contributed by atoms with van der Waals surface area (Å²) in [5.41, 5.74) is 0. The van der Waals surface area contributed by atoms with Crippen LogP contribution in [0.3, 0.4) is 0 Å². The van der Waals surface area contributed by atoms with E-state index < -0.39 is 17.7 Å². The second kappa shape index (κ2) is 5.85. The van der Waals surface area contributed by atoms with E-state index in [4.69, 9.17) is 67.4 Å². The van der Waals surface area contributed by atoms with Crippen LogP contribution in [-0.2, 0) is 0 Å². The molecule has 0 amide bonds. The van der Waals surface area contributed by atoms with E-state index in [-0.39, 0.29) is 14.9 Å². The molecule has 0 unspecified atom stereocenters. The Morgan fingerprint density at radius 1 is 0.500 bits per heavy atom. The lowest BCUT2D eigenvalue weighted by Crippen LogP contribution is -1.62. The molecule has 0 bridgehead atoms. The Labute approximate surface area is 113 Å². The van der Waals surface area contributed by atoms with Crippen LogP contribution < -0.4 is 0 Å². The van der Waals surface area contributed by atoms with E-state index in [1.54, 1.807) is 0 Å². The summed E-state index contributed by atoms with van der Waals surface area (Å²) in [4.78, 5) is 0. The molecule has 14 heavy (non-hydrogen) atoms. The summed E-state index contributed by atoms with van der Waals surface area (Å²) in [6.45, 7) is 0. The molecule has 0 atom stereocenters. The predicted molar refractivity (Wildman–Crippen MR) is 76.6 cm³/mol. The number of rotatable bonds is 0. The first-order chi connectivity index (χ1) is 5.12. The summed E-state index contributed by atoms with van der Waals surface area (Å²) in [7, 11) is 0. The highest BCUT2D eigenvalue weighted by Crippen LogP contribution is 2.87. The Kier molecular flexibility index (Phi) is 7.85. The van der Waals surface area contributed by atoms with E-state index in [9.17, 15) is 0 Å². The Bertz CT molecular complexity index is 283. The van der Waals surface area contributed by atoms with Crippen LogP contribution in [0, 0.1) is 0 Å². The Hall–Kier alpha value is 2.43. The third-order valence-corrected chi connectivity index (χ3v) is 13.1. The standard InChI is InChI=1S/2CH4.Cl6N3P3/c;;1-10(2)7-11(3,4)9-12(5,6)8-10/h2*1H4;. The SMILES string of the molecule is C.C.ClP1(Cl)=NP(Cl)(Cl)=NP(Cl)(Cl)=N1. The van der Waals surface area contributed by atoms with Gasteiger partial charge in [0.25, 0.3) is 17.7 Å². The van der Waals surface area contributed by atoms with Crippen molar-refractivity contribution < 1.29 is 0 Å². The van der Waals surface area contributed by atoms with Crippen LogP contribution in [-0.4, -0.2) is 0 Å². The Morgan fingerprint density at radius 3 is 0.786 bits per heavy atom. The molecule has 3 nitrogen and oxygen atoms in total. The highest BCUT2D eigenvalue weighted by atomic mass is 35.9. The molecule has 1 aliphatic rings. The van der Waals surface area contributed by atoms with E-state index in [2.05, 4.69) is 13.5 Å². The zero-order chi connectivity index (χ0) is 9.62. The van der Waals surface area contributed by atoms with Gasteiger partial charge in [0.05, 0.1) is 0 Å². The molecule has 0 aromatic rings. The number of hydrogen-bond donors (Lipinski definition) is 0. The van der Waals surface area contributed by atoms with Gasteiger partial charge >= 0.3 is 0 Å². The smallest absolute Gasteiger partial charge is 0.185 e. The van der Waals surface area contributed by atoms with Crippen LogP contribution in [0.1, 0.15) is 14.9 Å². The van der Waals surface area contributed by atoms with Crippen molar-refractivity contribution in [1.29, 1.82) is 0 Å². The second-order valence-electron chi connectivity index (χ2n) is 1.64. The van der Waals surface area contributed by atoms with Gasteiger partial charge in [-0.2, -0.15) is 13.5 Å². The van der Waals surface area contributed by atoms with Crippen molar-refractivity contribution in [3.05, 3.63) is 0 Å². The van der Waals surface area contributed by atoms with E-state index in [1.165, 1.54) is 0 Å². The lowest BCUT2D eigenvalue weighted by Gasteiger charge is -2.16. The Morgan fingerprint density at radius 2 is 0.643 bits per heavy atom. The molecule has 0 aromatic carbocycles. The van der Waals surface area contributed by atoms with Crippen molar-refractivity contribution in [2.45, 2.75) is 14.9 Å². The molecule has 0 saturated heterocycles. The van der Waals surface area contributed by atoms with Gasteiger partial charge in [0.15, 0.2) is 0 Å². The van der Waals surface area contributed by atoms with Gasteiger partial charge < -0.3 is 0 Å². The molecular weight excluding hydrogens is 372 g/mol. The number of halogens is 6. The summed E-state index contributed by atoms with van der Waals surface area (Å²) in [5.74, 6) is -8.72. The van der Waals surface area contributed by atoms with Crippen LogP contribution in [0.15, 0.2) is 13.5 Å². The fraction of sp³-hybridized carbons (Fsp3) is 1.00. The van der Waals surface area contributed by atoms with Crippen molar-refractivity contribution in [2.75, 3.05) is 0 Å². The monoisotopic (exact) mass is 377 g/mol. The third kappa shape index (κ3) is 6.24. The summed E-state index contributed by atoms with van der Waals surface area (Å²) in [6.07, 6.45) is 0. The van der Waals surface area contributed by atoms with Gasteiger partial charge in [-0.3, -0.25) is 0 Å². The minimum atomic E-state index is -2.91. The summed E-state index contributed by atoms with van der Waals surface area (Å²) in [5, 5.41) is 0. The minimum absolute atomic E-state index is 0. The first-order valence-electron chi connectivity index (χ1n) is 2.21. The van der Waals surface area contributed by atoms with Gasteiger partial charge in [-0.25, -0.2) is 0 Å². The molecule has 1 aliphatic heterocycles. The van der Waals surface area contributed by atoms with E-state index in [0.29, 0.717) is 0 Å². The first-order valence-corrected chi connectivity index (χ1v) is 12.7. The van der Waals surface area contributed by atoms with E-state index >= 15 is 0 Å². The molecule has 0 saturated carbocycles. The van der Waals surface area contributed by atoms with Crippen molar-refractivity contribution >= 4 is 85.2 Å². The summed E-state index contributed by atoms with van der Waals surface area (Å²) >= 11 is 33.9. The van der Waals surface area contributed by atoms with Gasteiger partial charge in [-0.15, -0.1) is 0 Å². The van der Waals surface area contributed by atoms with Gasteiger partial charge in [0.1, 0.15) is 0 Å². The molecule has 12 heteroatoms. The normalized spacial score (nSPS) is 25.3. The molecule has 0 fully saturated rings. The van der Waals surface area contributed by atoms with Crippen LogP contribution >= 0.6 is 85.2 Å². The quantitative estimate of drug-likeness (QED) is 0.378. The van der Waals surface area contributed by atoms with Crippen LogP contribution in [0.25, 0.3) is 0 Å². The molecule has 0 radical (unpaired) electrons. The molecule has 1 heterocycles. The molecule has 1 rings (SSSR count). The number of nitrogens with zero attached hydrogens (tertiary/aromatic N) is 3. The zero-order valence-corrected chi connectivity index (χ0v) is 12.2. The average molecular weight is 380 g/mol. The van der Waals surface area contributed by atoms with Crippen molar-refractivity contribution in [1.82, 2.24) is 0 Å². The van der Waals surface area contributed by atoms with Crippen LogP contribution in [0.2, 0.25) is 0 Å². The minimum Gasteiger partial charge on any atom is -0.185 e.